The molecule has 3 fully saturated rings. The van der Waals surface area contributed by atoms with Crippen molar-refractivity contribution in [3.63, 3.8) is 0 Å². The molecule has 3 saturated carbocycles. The van der Waals surface area contributed by atoms with Crippen LogP contribution in [0, 0.1) is 40.9 Å². The Labute approximate surface area is 169 Å². The molecule has 0 aromatic rings. The van der Waals surface area contributed by atoms with Crippen LogP contribution < -0.4 is 0 Å². The molecule has 0 aromatic heterocycles. The number of hydrogen-bond acceptors (Lipinski definition) is 2. The molecular formula is C24H40F2O2. The quantitative estimate of drug-likeness (QED) is 0.585. The average Bonchev–Trinajstić information content (AvgIpc) is 2.98. The zero-order chi connectivity index (χ0) is 19.4. The first-order valence-corrected chi connectivity index (χ1v) is 11.1. The van der Waals surface area contributed by atoms with Gasteiger partial charge in [-0.15, -0.1) is 0 Å². The monoisotopic (exact) mass is 398 g/mol. The summed E-state index contributed by atoms with van der Waals surface area (Å²) >= 11 is 0. The van der Waals surface area contributed by atoms with E-state index in [9.17, 15) is 13.9 Å². The van der Waals surface area contributed by atoms with Gasteiger partial charge in [0.05, 0.1) is 6.10 Å². The second-order valence-electron chi connectivity index (χ2n) is 10.4. The highest BCUT2D eigenvalue weighted by molar-refractivity contribution is 5.20. The lowest BCUT2D eigenvalue weighted by atomic mass is 9.51. The standard InChI is InChI=1S/C23H36F2O2.CH4/c1-14(12-23(24,25)13-26)20-7-8-21-19-5-3-15-11-16(27)4-6-17(15)18(19)9-10-22(20,21)2;/h3,14,16-21,26-27H,4-13H2,1-2H3;1H4/t14-,16+,17+,18-,19-,20-,21+,22-;/m1./s1. The molecule has 4 aliphatic carbocycles. The van der Waals surface area contributed by atoms with Gasteiger partial charge in [0.25, 0.3) is 5.92 Å². The molecule has 0 amide bonds. The summed E-state index contributed by atoms with van der Waals surface area (Å²) in [5.74, 6) is 0.101. The van der Waals surface area contributed by atoms with E-state index in [1.54, 1.807) is 0 Å². The molecule has 0 bridgehead atoms. The van der Waals surface area contributed by atoms with Gasteiger partial charge in [-0.1, -0.05) is 32.9 Å². The topological polar surface area (TPSA) is 40.5 Å². The van der Waals surface area contributed by atoms with E-state index in [-0.39, 0.29) is 31.3 Å². The summed E-state index contributed by atoms with van der Waals surface area (Å²) in [6.07, 6.45) is 10.8. The van der Waals surface area contributed by atoms with Crippen molar-refractivity contribution < 1.29 is 19.0 Å². The molecule has 28 heavy (non-hydrogen) atoms. The van der Waals surface area contributed by atoms with Crippen molar-refractivity contribution in [2.24, 2.45) is 40.9 Å². The summed E-state index contributed by atoms with van der Waals surface area (Å²) in [6.45, 7) is 3.33. The van der Waals surface area contributed by atoms with Crippen LogP contribution in [-0.4, -0.2) is 28.8 Å². The van der Waals surface area contributed by atoms with Crippen LogP contribution in [0.2, 0.25) is 0 Å². The molecule has 0 unspecified atom stereocenters. The highest BCUT2D eigenvalue weighted by Gasteiger charge is 2.57. The maximum atomic E-state index is 13.8. The molecule has 2 nitrogen and oxygen atoms in total. The van der Waals surface area contributed by atoms with Gasteiger partial charge in [-0.2, -0.15) is 0 Å². The molecule has 0 saturated heterocycles. The summed E-state index contributed by atoms with van der Waals surface area (Å²) in [6, 6.07) is 0. The van der Waals surface area contributed by atoms with Crippen molar-refractivity contribution in [2.75, 3.05) is 6.61 Å². The van der Waals surface area contributed by atoms with Gasteiger partial charge in [-0.3, -0.25) is 0 Å². The van der Waals surface area contributed by atoms with E-state index in [1.807, 2.05) is 6.92 Å². The third-order valence-electron chi connectivity index (χ3n) is 9.03. The van der Waals surface area contributed by atoms with Gasteiger partial charge in [0.1, 0.15) is 6.61 Å². The highest BCUT2D eigenvalue weighted by atomic mass is 19.3. The second kappa shape index (κ2) is 7.98. The smallest absolute Gasteiger partial charge is 0.270 e. The Kier molecular flexibility index (Phi) is 6.33. The first-order chi connectivity index (χ1) is 12.7. The summed E-state index contributed by atoms with van der Waals surface area (Å²) in [5, 5.41) is 19.0. The molecule has 0 spiro atoms. The molecule has 4 heteroatoms. The van der Waals surface area contributed by atoms with Crippen LogP contribution in [0.15, 0.2) is 11.6 Å². The van der Waals surface area contributed by atoms with Crippen LogP contribution in [0.4, 0.5) is 8.78 Å². The Hall–Kier alpha value is -0.480. The minimum absolute atomic E-state index is 0. The fraction of sp³-hybridized carbons (Fsp3) is 0.917. The van der Waals surface area contributed by atoms with Gasteiger partial charge in [-0.05, 0) is 92.3 Å². The van der Waals surface area contributed by atoms with Crippen molar-refractivity contribution in [3.05, 3.63) is 11.6 Å². The Morgan fingerprint density at radius 2 is 1.93 bits per heavy atom. The van der Waals surface area contributed by atoms with Crippen LogP contribution in [0.5, 0.6) is 0 Å². The normalized spacial score (nSPS) is 43.9. The van der Waals surface area contributed by atoms with E-state index < -0.39 is 12.5 Å². The highest BCUT2D eigenvalue weighted by Crippen LogP contribution is 2.65. The summed E-state index contributed by atoms with van der Waals surface area (Å²) in [4.78, 5) is 0. The van der Waals surface area contributed by atoms with Crippen molar-refractivity contribution in [2.45, 2.75) is 91.1 Å². The SMILES string of the molecule is C.C[C@H](CC(F)(F)CO)[C@H]1CC[C@H]2[C@@H]3CC=C4C[C@@H](O)CC[C@@H]4[C@H]3CC[C@]12C. The first kappa shape index (κ1) is 22.2. The summed E-state index contributed by atoms with van der Waals surface area (Å²) < 4.78 is 27.6. The molecule has 162 valence electrons. The lowest BCUT2D eigenvalue weighted by Gasteiger charge is -2.54. The maximum Gasteiger partial charge on any atom is 0.270 e. The van der Waals surface area contributed by atoms with Gasteiger partial charge < -0.3 is 10.2 Å². The van der Waals surface area contributed by atoms with Gasteiger partial charge in [0, 0.05) is 6.42 Å². The lowest BCUT2D eigenvalue weighted by Crippen LogP contribution is -2.47. The fourth-order valence-corrected chi connectivity index (χ4v) is 7.90. The summed E-state index contributed by atoms with van der Waals surface area (Å²) in [5.41, 5.74) is 1.68. The second-order valence-corrected chi connectivity index (χ2v) is 10.4. The van der Waals surface area contributed by atoms with Crippen LogP contribution in [0.25, 0.3) is 0 Å². The van der Waals surface area contributed by atoms with Crippen LogP contribution >= 0.6 is 0 Å². The lowest BCUT2D eigenvalue weighted by molar-refractivity contribution is -0.0852. The maximum absolute atomic E-state index is 13.8. The molecule has 0 radical (unpaired) electrons. The molecule has 8 atom stereocenters. The Morgan fingerprint density at radius 3 is 2.64 bits per heavy atom. The fourth-order valence-electron chi connectivity index (χ4n) is 7.90. The largest absolute Gasteiger partial charge is 0.393 e. The van der Waals surface area contributed by atoms with E-state index in [0.29, 0.717) is 23.7 Å². The molecule has 0 aromatic carbocycles. The predicted octanol–water partition coefficient (Wildman–Crippen LogP) is 5.83. The van der Waals surface area contributed by atoms with Crippen LogP contribution in [-0.2, 0) is 0 Å². The third kappa shape index (κ3) is 3.69. The van der Waals surface area contributed by atoms with Gasteiger partial charge in [0.15, 0.2) is 0 Å². The number of alkyl halides is 2. The van der Waals surface area contributed by atoms with Crippen molar-refractivity contribution >= 4 is 0 Å². The molecular weight excluding hydrogens is 358 g/mol. The van der Waals surface area contributed by atoms with Crippen molar-refractivity contribution in [1.29, 1.82) is 0 Å². The van der Waals surface area contributed by atoms with Crippen LogP contribution in [0.1, 0.15) is 79.1 Å². The number of fused-ring (bicyclic) bond motifs is 5. The number of halogens is 2. The van der Waals surface area contributed by atoms with E-state index in [1.165, 1.54) is 18.4 Å². The summed E-state index contributed by atoms with van der Waals surface area (Å²) in [7, 11) is 0. The molecule has 4 aliphatic rings. The minimum atomic E-state index is -2.95. The number of rotatable bonds is 4. The predicted molar refractivity (Wildman–Crippen MR) is 109 cm³/mol. The minimum Gasteiger partial charge on any atom is -0.393 e. The Bertz CT molecular complexity index is 589. The molecule has 2 N–H and O–H groups in total. The molecule has 0 heterocycles. The van der Waals surface area contributed by atoms with E-state index in [0.717, 1.165) is 44.4 Å². The van der Waals surface area contributed by atoms with Gasteiger partial charge in [-0.25, -0.2) is 8.78 Å². The zero-order valence-electron chi connectivity index (χ0n) is 16.8. The number of aliphatic hydroxyl groups excluding tert-OH is 2. The van der Waals surface area contributed by atoms with E-state index >= 15 is 0 Å². The number of allylic oxidation sites excluding steroid dienone is 1. The van der Waals surface area contributed by atoms with Crippen molar-refractivity contribution in [1.82, 2.24) is 0 Å². The number of aliphatic hydroxyl groups is 2. The molecule has 0 aliphatic heterocycles. The van der Waals surface area contributed by atoms with E-state index in [4.69, 9.17) is 5.11 Å². The Morgan fingerprint density at radius 1 is 1.18 bits per heavy atom. The zero-order valence-corrected chi connectivity index (χ0v) is 16.8. The van der Waals surface area contributed by atoms with Gasteiger partial charge >= 0.3 is 0 Å². The third-order valence-corrected chi connectivity index (χ3v) is 9.03. The Balaban J connectivity index is 0.00000225. The number of hydrogen-bond donors (Lipinski definition) is 2. The first-order valence-electron chi connectivity index (χ1n) is 11.1. The van der Waals surface area contributed by atoms with Gasteiger partial charge in [0.2, 0.25) is 0 Å². The average molecular weight is 399 g/mol. The van der Waals surface area contributed by atoms with E-state index in [2.05, 4.69) is 13.0 Å². The van der Waals surface area contributed by atoms with Crippen LogP contribution in [0.3, 0.4) is 0 Å². The molecule has 4 rings (SSSR count). The van der Waals surface area contributed by atoms with Crippen molar-refractivity contribution in [3.8, 4) is 0 Å².